The molecule has 1 aromatic carbocycles. The third-order valence-electron chi connectivity index (χ3n) is 4.85. The summed E-state index contributed by atoms with van der Waals surface area (Å²) in [6.45, 7) is 2.25. The van der Waals surface area contributed by atoms with E-state index in [9.17, 15) is 4.79 Å². The Bertz CT molecular complexity index is 638. The van der Waals surface area contributed by atoms with Crippen molar-refractivity contribution in [2.24, 2.45) is 4.99 Å². The zero-order valence-electron chi connectivity index (χ0n) is 16.6. The second kappa shape index (κ2) is 11.5. The van der Waals surface area contributed by atoms with Gasteiger partial charge in [-0.15, -0.1) is 24.0 Å². The minimum absolute atomic E-state index is 0. The highest BCUT2D eigenvalue weighted by Gasteiger charge is 2.22. The predicted molar refractivity (Wildman–Crippen MR) is 121 cm³/mol. The first-order valence-corrected chi connectivity index (χ1v) is 9.70. The Kier molecular flexibility index (Phi) is 9.30. The molecule has 8 heteroatoms. The van der Waals surface area contributed by atoms with Crippen molar-refractivity contribution < 1.29 is 14.3 Å². The Balaban J connectivity index is 0.00000280. The van der Waals surface area contributed by atoms with Gasteiger partial charge >= 0.3 is 0 Å². The number of ether oxygens (including phenoxy) is 2. The summed E-state index contributed by atoms with van der Waals surface area (Å²) in [6, 6.07) is 8.11. The van der Waals surface area contributed by atoms with Crippen LogP contribution in [0.1, 0.15) is 24.8 Å². The zero-order chi connectivity index (χ0) is 19.1. The largest absolute Gasteiger partial charge is 0.488 e. The third kappa shape index (κ3) is 6.80. The average Bonchev–Trinajstić information content (AvgIpc) is 3.10. The van der Waals surface area contributed by atoms with E-state index in [1.807, 2.05) is 18.2 Å². The van der Waals surface area contributed by atoms with Gasteiger partial charge in [0.1, 0.15) is 18.4 Å². The monoisotopic (exact) mass is 502 g/mol. The van der Waals surface area contributed by atoms with E-state index in [4.69, 9.17) is 9.47 Å². The van der Waals surface area contributed by atoms with Crippen molar-refractivity contribution in [2.75, 3.05) is 40.3 Å². The first-order chi connectivity index (χ1) is 13.1. The number of guanidine groups is 1. The molecular weight excluding hydrogens is 471 g/mol. The lowest BCUT2D eigenvalue weighted by atomic mass is 10.1. The van der Waals surface area contributed by atoms with Gasteiger partial charge in [-0.2, -0.15) is 0 Å². The summed E-state index contributed by atoms with van der Waals surface area (Å²) in [5.74, 6) is 1.54. The van der Waals surface area contributed by atoms with E-state index >= 15 is 0 Å². The van der Waals surface area contributed by atoms with E-state index in [1.165, 1.54) is 12.0 Å². The summed E-state index contributed by atoms with van der Waals surface area (Å²) in [4.78, 5) is 17.9. The molecule has 0 aromatic heterocycles. The van der Waals surface area contributed by atoms with Crippen LogP contribution in [-0.4, -0.2) is 69.3 Å². The molecule has 3 rings (SSSR count). The van der Waals surface area contributed by atoms with Gasteiger partial charge in [-0.1, -0.05) is 18.2 Å². The Morgan fingerprint density at radius 3 is 2.61 bits per heavy atom. The molecule has 0 saturated carbocycles. The van der Waals surface area contributed by atoms with Gasteiger partial charge in [0.15, 0.2) is 5.96 Å². The smallest absolute Gasteiger partial charge is 0.243 e. The molecule has 1 amide bonds. The molecule has 0 bridgehead atoms. The summed E-state index contributed by atoms with van der Waals surface area (Å²) < 4.78 is 11.7. The van der Waals surface area contributed by atoms with Crippen LogP contribution in [0.2, 0.25) is 0 Å². The second-order valence-corrected chi connectivity index (χ2v) is 7.26. The number of hydrogen-bond donors (Lipinski definition) is 2. The molecule has 2 heterocycles. The molecule has 0 radical (unpaired) electrons. The first-order valence-electron chi connectivity index (χ1n) is 9.70. The van der Waals surface area contributed by atoms with Crippen molar-refractivity contribution >= 4 is 35.8 Å². The fourth-order valence-corrected chi connectivity index (χ4v) is 3.22. The van der Waals surface area contributed by atoms with E-state index in [-0.39, 0.29) is 48.6 Å². The van der Waals surface area contributed by atoms with Crippen LogP contribution in [0.4, 0.5) is 0 Å². The Hall–Kier alpha value is -1.55. The summed E-state index contributed by atoms with van der Waals surface area (Å²) in [7, 11) is 3.47. The number of hydrogen-bond acceptors (Lipinski definition) is 4. The molecule has 0 aliphatic carbocycles. The van der Waals surface area contributed by atoms with Crippen LogP contribution >= 0.6 is 24.0 Å². The van der Waals surface area contributed by atoms with Crippen molar-refractivity contribution in [1.82, 2.24) is 15.5 Å². The number of nitrogens with one attached hydrogen (secondary N) is 2. The molecule has 2 aliphatic rings. The number of rotatable bonds is 6. The highest BCUT2D eigenvalue weighted by Crippen LogP contribution is 2.27. The number of carbonyl (C=O) groups excluding carboxylic acids is 1. The average molecular weight is 502 g/mol. The lowest BCUT2D eigenvalue weighted by Crippen LogP contribution is -2.46. The van der Waals surface area contributed by atoms with Crippen molar-refractivity contribution in [1.29, 1.82) is 0 Å². The van der Waals surface area contributed by atoms with Gasteiger partial charge in [0, 0.05) is 33.7 Å². The Morgan fingerprint density at radius 2 is 1.93 bits per heavy atom. The van der Waals surface area contributed by atoms with Crippen LogP contribution in [0.15, 0.2) is 29.3 Å². The predicted octanol–water partition coefficient (Wildman–Crippen LogP) is 1.80. The third-order valence-corrected chi connectivity index (χ3v) is 4.85. The SMILES string of the molecule is CN(C)C(=O)CN=C(NCC1CCCCO1)NCC1Cc2ccccc2O1.I. The van der Waals surface area contributed by atoms with Crippen LogP contribution < -0.4 is 15.4 Å². The lowest BCUT2D eigenvalue weighted by Gasteiger charge is -2.24. The lowest BCUT2D eigenvalue weighted by molar-refractivity contribution is -0.127. The van der Waals surface area contributed by atoms with Gasteiger partial charge in [-0.05, 0) is 30.9 Å². The molecule has 1 fully saturated rings. The van der Waals surface area contributed by atoms with Gasteiger partial charge in [-0.25, -0.2) is 4.99 Å². The van der Waals surface area contributed by atoms with Gasteiger partial charge < -0.3 is 25.0 Å². The van der Waals surface area contributed by atoms with Crippen LogP contribution in [0.3, 0.4) is 0 Å². The molecule has 2 atom stereocenters. The molecule has 2 unspecified atom stereocenters. The first kappa shape index (κ1) is 22.7. The normalized spacial score (nSPS) is 21.1. The number of fused-ring (bicyclic) bond motifs is 1. The van der Waals surface area contributed by atoms with Crippen LogP contribution in [-0.2, 0) is 16.0 Å². The standard InChI is InChI=1S/C20H30N4O3.HI/c1-24(2)19(25)14-23-20(21-12-16-8-5-6-10-26-16)22-13-17-11-15-7-3-4-9-18(15)27-17;/h3-4,7,9,16-17H,5-6,8,10-14H2,1-2H3,(H2,21,22,23);1H. The number of para-hydroxylation sites is 1. The zero-order valence-corrected chi connectivity index (χ0v) is 19.0. The van der Waals surface area contributed by atoms with E-state index in [0.717, 1.165) is 31.6 Å². The van der Waals surface area contributed by atoms with E-state index in [2.05, 4.69) is 21.7 Å². The Morgan fingerprint density at radius 1 is 1.18 bits per heavy atom. The van der Waals surface area contributed by atoms with E-state index < -0.39 is 0 Å². The maximum atomic E-state index is 11.9. The highest BCUT2D eigenvalue weighted by atomic mass is 127. The summed E-state index contributed by atoms with van der Waals surface area (Å²) in [6.07, 6.45) is 4.51. The molecular formula is C20H31IN4O3. The number of aliphatic imine (C=N–C) groups is 1. The topological polar surface area (TPSA) is 75.2 Å². The molecule has 2 aliphatic heterocycles. The fourth-order valence-electron chi connectivity index (χ4n) is 3.22. The minimum Gasteiger partial charge on any atom is -0.488 e. The molecule has 1 saturated heterocycles. The van der Waals surface area contributed by atoms with Crippen molar-refractivity contribution in [3.05, 3.63) is 29.8 Å². The quantitative estimate of drug-likeness (QED) is 0.353. The fraction of sp³-hybridized carbons (Fsp3) is 0.600. The number of halogens is 1. The van der Waals surface area contributed by atoms with E-state index in [1.54, 1.807) is 19.0 Å². The summed E-state index contributed by atoms with van der Waals surface area (Å²) >= 11 is 0. The number of benzene rings is 1. The second-order valence-electron chi connectivity index (χ2n) is 7.26. The molecule has 0 spiro atoms. The maximum Gasteiger partial charge on any atom is 0.243 e. The number of nitrogens with zero attached hydrogens (tertiary/aromatic N) is 2. The number of carbonyl (C=O) groups is 1. The van der Waals surface area contributed by atoms with Crippen molar-refractivity contribution in [2.45, 2.75) is 37.9 Å². The van der Waals surface area contributed by atoms with Gasteiger partial charge in [-0.3, -0.25) is 4.79 Å². The van der Waals surface area contributed by atoms with Crippen molar-refractivity contribution in [3.63, 3.8) is 0 Å². The summed E-state index contributed by atoms with van der Waals surface area (Å²) in [5.41, 5.74) is 1.23. The molecule has 28 heavy (non-hydrogen) atoms. The molecule has 2 N–H and O–H groups in total. The Labute approximate surface area is 184 Å². The highest BCUT2D eigenvalue weighted by molar-refractivity contribution is 14.0. The molecule has 1 aromatic rings. The van der Waals surface area contributed by atoms with Crippen molar-refractivity contribution in [3.8, 4) is 5.75 Å². The van der Waals surface area contributed by atoms with E-state index in [0.29, 0.717) is 19.0 Å². The number of amides is 1. The van der Waals surface area contributed by atoms with Gasteiger partial charge in [0.25, 0.3) is 0 Å². The molecule has 7 nitrogen and oxygen atoms in total. The molecule has 156 valence electrons. The minimum atomic E-state index is -0.0328. The maximum absolute atomic E-state index is 11.9. The number of likely N-dealkylation sites (N-methyl/N-ethyl adjacent to an activating group) is 1. The van der Waals surface area contributed by atoms with Gasteiger partial charge in [0.05, 0.1) is 12.6 Å². The van der Waals surface area contributed by atoms with Crippen LogP contribution in [0.25, 0.3) is 0 Å². The summed E-state index contributed by atoms with van der Waals surface area (Å²) in [5, 5.41) is 6.63. The van der Waals surface area contributed by atoms with Gasteiger partial charge in [0.2, 0.25) is 5.91 Å². The van der Waals surface area contributed by atoms with Crippen LogP contribution in [0.5, 0.6) is 5.75 Å². The van der Waals surface area contributed by atoms with Crippen LogP contribution in [0, 0.1) is 0 Å².